The van der Waals surface area contributed by atoms with Gasteiger partial charge in [0.2, 0.25) is 0 Å². The van der Waals surface area contributed by atoms with Crippen LogP contribution in [0.1, 0.15) is 25.7 Å². The molecule has 0 aliphatic heterocycles. The molecule has 0 atom stereocenters. The van der Waals surface area contributed by atoms with Gasteiger partial charge >= 0.3 is 0 Å². The summed E-state index contributed by atoms with van der Waals surface area (Å²) in [6, 6.07) is 10.3. The zero-order chi connectivity index (χ0) is 14.8. The number of para-hydroxylation sites is 1. The second-order valence-corrected chi connectivity index (χ2v) is 6.96. The van der Waals surface area contributed by atoms with Gasteiger partial charge in [0, 0.05) is 35.5 Å². The van der Waals surface area contributed by atoms with Crippen LogP contribution < -0.4 is 10.9 Å². The minimum absolute atomic E-state index is 0.0500. The zero-order valence-corrected chi connectivity index (χ0v) is 13.5. The van der Waals surface area contributed by atoms with Crippen molar-refractivity contribution in [2.45, 2.75) is 37.0 Å². The van der Waals surface area contributed by atoms with E-state index in [1.807, 2.05) is 37.0 Å². The number of nitrogens with zero attached hydrogens (tertiary/aromatic N) is 1. The van der Waals surface area contributed by atoms with E-state index in [-0.39, 0.29) is 5.56 Å². The second-order valence-electron chi connectivity index (χ2n) is 5.83. The Balaban J connectivity index is 1.88. The van der Waals surface area contributed by atoms with Crippen LogP contribution in [0.3, 0.4) is 0 Å². The molecule has 1 aromatic heterocycles. The number of anilines is 1. The van der Waals surface area contributed by atoms with Gasteiger partial charge in [-0.1, -0.05) is 18.2 Å². The number of aromatic nitrogens is 1. The Hall–Kier alpha value is -1.42. The van der Waals surface area contributed by atoms with Crippen molar-refractivity contribution in [2.75, 3.05) is 11.6 Å². The SMILES string of the molecule is CSC1CCC(Nc2cc(=O)n(C)c3ccccc23)CC1. The summed E-state index contributed by atoms with van der Waals surface area (Å²) < 4.78 is 1.71. The van der Waals surface area contributed by atoms with Crippen molar-refractivity contribution < 1.29 is 0 Å². The lowest BCUT2D eigenvalue weighted by molar-refractivity contribution is 0.473. The number of benzene rings is 1. The second kappa shape index (κ2) is 6.14. The fourth-order valence-electron chi connectivity index (χ4n) is 3.19. The molecule has 0 bridgehead atoms. The van der Waals surface area contributed by atoms with Crippen LogP contribution in [0, 0.1) is 0 Å². The maximum absolute atomic E-state index is 12.1. The van der Waals surface area contributed by atoms with Gasteiger partial charge in [0.25, 0.3) is 5.56 Å². The van der Waals surface area contributed by atoms with E-state index in [9.17, 15) is 4.79 Å². The van der Waals surface area contributed by atoms with Crippen molar-refractivity contribution >= 4 is 28.4 Å². The van der Waals surface area contributed by atoms with E-state index in [0.29, 0.717) is 6.04 Å². The molecule has 0 saturated heterocycles. The predicted octanol–water partition coefficient (Wildman–Crippen LogP) is 3.62. The number of aryl methyl sites for hydroxylation is 1. The topological polar surface area (TPSA) is 34.0 Å². The fraction of sp³-hybridized carbons (Fsp3) is 0.471. The highest BCUT2D eigenvalue weighted by atomic mass is 32.2. The van der Waals surface area contributed by atoms with Crippen molar-refractivity contribution in [3.63, 3.8) is 0 Å². The van der Waals surface area contributed by atoms with Crippen LogP contribution >= 0.6 is 11.8 Å². The number of hydrogen-bond acceptors (Lipinski definition) is 3. The van der Waals surface area contributed by atoms with E-state index in [2.05, 4.69) is 17.6 Å². The summed E-state index contributed by atoms with van der Waals surface area (Å²) in [5, 5.41) is 5.55. The molecule has 0 unspecified atom stereocenters. The first kappa shape index (κ1) is 14.5. The lowest BCUT2D eigenvalue weighted by Crippen LogP contribution is -2.28. The third kappa shape index (κ3) is 2.95. The molecule has 0 radical (unpaired) electrons. The van der Waals surface area contributed by atoms with Gasteiger partial charge in [0.1, 0.15) is 0 Å². The summed E-state index contributed by atoms with van der Waals surface area (Å²) >= 11 is 1.98. The Bertz CT molecular complexity index is 687. The minimum atomic E-state index is 0.0500. The number of fused-ring (bicyclic) bond motifs is 1. The maximum atomic E-state index is 12.1. The summed E-state index contributed by atoms with van der Waals surface area (Å²) in [6.07, 6.45) is 7.11. The van der Waals surface area contributed by atoms with E-state index in [1.165, 1.54) is 25.7 Å². The summed E-state index contributed by atoms with van der Waals surface area (Å²) in [5.41, 5.74) is 2.03. The Morgan fingerprint density at radius 3 is 2.62 bits per heavy atom. The molecular weight excluding hydrogens is 280 g/mol. The third-order valence-electron chi connectivity index (χ3n) is 4.52. The van der Waals surface area contributed by atoms with E-state index in [1.54, 1.807) is 10.6 Å². The average molecular weight is 302 g/mol. The smallest absolute Gasteiger partial charge is 0.252 e. The van der Waals surface area contributed by atoms with Crippen LogP contribution in [-0.4, -0.2) is 22.1 Å². The van der Waals surface area contributed by atoms with Crippen molar-refractivity contribution in [1.29, 1.82) is 0 Å². The summed E-state index contributed by atoms with van der Waals surface area (Å²) in [7, 11) is 1.83. The van der Waals surface area contributed by atoms with E-state index in [0.717, 1.165) is 21.8 Å². The normalized spacial score (nSPS) is 22.4. The minimum Gasteiger partial charge on any atom is -0.382 e. The summed E-state index contributed by atoms with van der Waals surface area (Å²) in [4.78, 5) is 12.1. The molecule has 2 aromatic rings. The molecule has 1 aliphatic rings. The quantitative estimate of drug-likeness (QED) is 0.940. The molecule has 1 saturated carbocycles. The van der Waals surface area contributed by atoms with Crippen molar-refractivity contribution in [1.82, 2.24) is 4.57 Å². The average Bonchev–Trinajstić information content (AvgIpc) is 2.53. The van der Waals surface area contributed by atoms with Gasteiger partial charge in [-0.05, 0) is 38.0 Å². The Morgan fingerprint density at radius 2 is 1.90 bits per heavy atom. The summed E-state index contributed by atoms with van der Waals surface area (Å²) in [6.45, 7) is 0. The molecule has 4 heteroatoms. The Kier molecular flexibility index (Phi) is 4.24. The molecule has 1 N–H and O–H groups in total. The molecule has 1 fully saturated rings. The number of thioether (sulfide) groups is 1. The van der Waals surface area contributed by atoms with Crippen molar-refractivity contribution in [3.8, 4) is 0 Å². The predicted molar refractivity (Wildman–Crippen MR) is 92.4 cm³/mol. The largest absolute Gasteiger partial charge is 0.382 e. The highest BCUT2D eigenvalue weighted by molar-refractivity contribution is 7.99. The highest BCUT2D eigenvalue weighted by Gasteiger charge is 2.21. The van der Waals surface area contributed by atoms with Crippen LogP contribution in [0.15, 0.2) is 35.1 Å². The van der Waals surface area contributed by atoms with Gasteiger partial charge in [-0.25, -0.2) is 0 Å². The van der Waals surface area contributed by atoms with Gasteiger partial charge in [-0.15, -0.1) is 0 Å². The first-order valence-corrected chi connectivity index (χ1v) is 8.86. The standard InChI is InChI=1S/C17H22N2OS/c1-19-16-6-4-3-5-14(16)15(11-17(19)20)18-12-7-9-13(21-2)10-8-12/h3-6,11-13,18H,7-10H2,1-2H3. The maximum Gasteiger partial charge on any atom is 0.252 e. The molecule has 1 heterocycles. The fourth-order valence-corrected chi connectivity index (χ4v) is 3.94. The van der Waals surface area contributed by atoms with Crippen LogP contribution in [0.5, 0.6) is 0 Å². The van der Waals surface area contributed by atoms with Crippen LogP contribution in [0.25, 0.3) is 10.9 Å². The van der Waals surface area contributed by atoms with Gasteiger partial charge in [0.15, 0.2) is 0 Å². The van der Waals surface area contributed by atoms with Crippen molar-refractivity contribution in [2.24, 2.45) is 7.05 Å². The lowest BCUT2D eigenvalue weighted by atomic mass is 9.94. The zero-order valence-electron chi connectivity index (χ0n) is 12.6. The van der Waals surface area contributed by atoms with Gasteiger partial charge in [-0.3, -0.25) is 4.79 Å². The van der Waals surface area contributed by atoms with E-state index in [4.69, 9.17) is 0 Å². The Morgan fingerprint density at radius 1 is 1.19 bits per heavy atom. The number of hydrogen-bond donors (Lipinski definition) is 1. The molecular formula is C17H22N2OS. The van der Waals surface area contributed by atoms with Gasteiger partial charge in [0.05, 0.1) is 5.52 Å². The monoisotopic (exact) mass is 302 g/mol. The molecule has 3 rings (SSSR count). The van der Waals surface area contributed by atoms with Crippen LogP contribution in [0.4, 0.5) is 5.69 Å². The number of nitrogens with one attached hydrogen (secondary N) is 1. The molecule has 1 aliphatic carbocycles. The molecule has 112 valence electrons. The molecule has 0 spiro atoms. The van der Waals surface area contributed by atoms with Crippen LogP contribution in [-0.2, 0) is 7.05 Å². The molecule has 1 aromatic carbocycles. The van der Waals surface area contributed by atoms with Gasteiger partial charge in [-0.2, -0.15) is 11.8 Å². The Labute approximate surface area is 129 Å². The molecule has 0 amide bonds. The first-order valence-electron chi connectivity index (χ1n) is 7.57. The van der Waals surface area contributed by atoms with E-state index >= 15 is 0 Å². The van der Waals surface area contributed by atoms with Gasteiger partial charge < -0.3 is 9.88 Å². The number of pyridine rings is 1. The first-order chi connectivity index (χ1) is 10.2. The third-order valence-corrected chi connectivity index (χ3v) is 5.66. The lowest BCUT2D eigenvalue weighted by Gasteiger charge is -2.29. The van der Waals surface area contributed by atoms with Crippen molar-refractivity contribution in [3.05, 3.63) is 40.7 Å². The molecule has 3 nitrogen and oxygen atoms in total. The number of rotatable bonds is 3. The highest BCUT2D eigenvalue weighted by Crippen LogP contribution is 2.30. The van der Waals surface area contributed by atoms with Crippen LogP contribution in [0.2, 0.25) is 0 Å². The molecule has 21 heavy (non-hydrogen) atoms. The van der Waals surface area contributed by atoms with E-state index < -0.39 is 0 Å². The summed E-state index contributed by atoms with van der Waals surface area (Å²) in [5.74, 6) is 0.